The van der Waals surface area contributed by atoms with E-state index in [1.807, 2.05) is 12.1 Å². The molecule has 0 unspecified atom stereocenters. The molecular weight excluding hydrogens is 346 g/mol. The number of carbonyl (C=O) groups is 2. The molecule has 1 heterocycles. The summed E-state index contributed by atoms with van der Waals surface area (Å²) in [6, 6.07) is 14.2. The van der Waals surface area contributed by atoms with E-state index in [0.717, 1.165) is 9.80 Å². The summed E-state index contributed by atoms with van der Waals surface area (Å²) in [4.78, 5) is 27.4. The molecule has 122 valence electrons. The van der Waals surface area contributed by atoms with Gasteiger partial charge < -0.3 is 4.74 Å². The summed E-state index contributed by atoms with van der Waals surface area (Å²) in [5.41, 5.74) is 1.10. The van der Waals surface area contributed by atoms with Gasteiger partial charge in [0.15, 0.2) is 0 Å². The van der Waals surface area contributed by atoms with Gasteiger partial charge in [0.2, 0.25) is 0 Å². The van der Waals surface area contributed by atoms with Crippen LogP contribution in [0.15, 0.2) is 58.3 Å². The van der Waals surface area contributed by atoms with Gasteiger partial charge in [0.05, 0.1) is 17.6 Å². The van der Waals surface area contributed by atoms with E-state index in [9.17, 15) is 9.59 Å². The van der Waals surface area contributed by atoms with Gasteiger partial charge in [-0.3, -0.25) is 14.5 Å². The number of imide groups is 1. The minimum atomic E-state index is -0.304. The van der Waals surface area contributed by atoms with Gasteiger partial charge in [-0.15, -0.1) is 0 Å². The van der Waals surface area contributed by atoms with Crippen LogP contribution in [0.25, 0.3) is 5.57 Å². The Kier molecular flexibility index (Phi) is 4.64. The third-order valence-electron chi connectivity index (χ3n) is 3.66. The molecule has 0 atom stereocenters. The highest BCUT2D eigenvalue weighted by atomic mass is 35.5. The van der Waals surface area contributed by atoms with Gasteiger partial charge in [0.25, 0.3) is 11.8 Å². The van der Waals surface area contributed by atoms with E-state index in [4.69, 9.17) is 16.3 Å². The maximum atomic E-state index is 12.5. The summed E-state index contributed by atoms with van der Waals surface area (Å²) in [7, 11) is 3.07. The van der Waals surface area contributed by atoms with Crippen LogP contribution in [-0.2, 0) is 9.59 Å². The highest BCUT2D eigenvalue weighted by Crippen LogP contribution is 2.39. The first-order valence-electron chi connectivity index (χ1n) is 7.16. The third kappa shape index (κ3) is 3.05. The number of carbonyl (C=O) groups excluding carboxylic acids is 2. The number of hydrogen-bond acceptors (Lipinski definition) is 4. The molecule has 0 aliphatic carbocycles. The van der Waals surface area contributed by atoms with Crippen LogP contribution < -0.4 is 4.74 Å². The van der Waals surface area contributed by atoms with Crippen molar-refractivity contribution in [2.75, 3.05) is 14.2 Å². The molecule has 0 saturated heterocycles. The molecule has 4 nitrogen and oxygen atoms in total. The first kappa shape index (κ1) is 16.6. The van der Waals surface area contributed by atoms with Gasteiger partial charge >= 0.3 is 0 Å². The molecule has 0 N–H and O–H groups in total. The van der Waals surface area contributed by atoms with Crippen LogP contribution in [-0.4, -0.2) is 30.9 Å². The molecule has 0 saturated carbocycles. The van der Waals surface area contributed by atoms with Crippen molar-refractivity contribution in [3.63, 3.8) is 0 Å². The average molecular weight is 360 g/mol. The van der Waals surface area contributed by atoms with Crippen molar-refractivity contribution in [3.8, 4) is 5.75 Å². The zero-order chi connectivity index (χ0) is 17.3. The second-order valence-electron chi connectivity index (χ2n) is 5.16. The lowest BCUT2D eigenvalue weighted by molar-refractivity contribution is -0.134. The molecule has 0 bridgehead atoms. The number of likely N-dealkylation sites (N-methyl/N-ethyl adjacent to an activating group) is 1. The second-order valence-corrected chi connectivity index (χ2v) is 6.68. The van der Waals surface area contributed by atoms with Gasteiger partial charge in [-0.05, 0) is 42.0 Å². The topological polar surface area (TPSA) is 46.6 Å². The van der Waals surface area contributed by atoms with Crippen LogP contribution in [0.4, 0.5) is 0 Å². The maximum Gasteiger partial charge on any atom is 0.268 e. The molecular formula is C18H14ClNO3S. The van der Waals surface area contributed by atoms with Crippen LogP contribution in [0.5, 0.6) is 5.75 Å². The number of benzene rings is 2. The van der Waals surface area contributed by atoms with E-state index in [1.54, 1.807) is 43.5 Å². The van der Waals surface area contributed by atoms with Crippen LogP contribution in [0, 0.1) is 0 Å². The number of rotatable bonds is 4. The number of methoxy groups -OCH3 is 1. The fraction of sp³-hybridized carbons (Fsp3) is 0.111. The molecule has 2 aromatic carbocycles. The van der Waals surface area contributed by atoms with Crippen molar-refractivity contribution in [3.05, 3.63) is 64.0 Å². The predicted molar refractivity (Wildman–Crippen MR) is 95.0 cm³/mol. The van der Waals surface area contributed by atoms with Crippen molar-refractivity contribution in [2.24, 2.45) is 0 Å². The Bertz CT molecular complexity index is 828. The predicted octanol–water partition coefficient (Wildman–Crippen LogP) is 3.85. The normalized spacial score (nSPS) is 14.5. The lowest BCUT2D eigenvalue weighted by atomic mass is 10.1. The highest BCUT2D eigenvalue weighted by Gasteiger charge is 2.37. The standard InChI is InChI=1S/C18H14ClNO3S/c1-20-17(21)15(11-3-7-13(23-2)8-4-11)16(18(20)22)24-14-9-5-12(19)6-10-14/h3-10H,1-2H3. The molecule has 0 radical (unpaired) electrons. The first-order valence-corrected chi connectivity index (χ1v) is 8.35. The fourth-order valence-corrected chi connectivity index (χ4v) is 3.51. The number of halogens is 1. The molecule has 24 heavy (non-hydrogen) atoms. The molecule has 1 aliphatic heterocycles. The fourth-order valence-electron chi connectivity index (χ4n) is 2.34. The Balaban J connectivity index is 2.04. The monoisotopic (exact) mass is 359 g/mol. The average Bonchev–Trinajstić information content (AvgIpc) is 2.81. The number of ether oxygens (including phenoxy) is 1. The van der Waals surface area contributed by atoms with Crippen LogP contribution in [0.2, 0.25) is 5.02 Å². The smallest absolute Gasteiger partial charge is 0.268 e. The minimum absolute atomic E-state index is 0.300. The summed E-state index contributed by atoms with van der Waals surface area (Å²) in [5, 5.41) is 0.620. The molecule has 6 heteroatoms. The van der Waals surface area contributed by atoms with Crippen molar-refractivity contribution in [1.82, 2.24) is 4.90 Å². The van der Waals surface area contributed by atoms with Crippen LogP contribution >= 0.6 is 23.4 Å². The Morgan fingerprint density at radius 1 is 0.958 bits per heavy atom. The first-order chi connectivity index (χ1) is 11.5. The van der Waals surface area contributed by atoms with Gasteiger partial charge in [-0.1, -0.05) is 35.5 Å². The van der Waals surface area contributed by atoms with Crippen molar-refractivity contribution in [2.45, 2.75) is 4.90 Å². The summed E-state index contributed by atoms with van der Waals surface area (Å²) >= 11 is 7.16. The van der Waals surface area contributed by atoms with Crippen LogP contribution in [0.1, 0.15) is 5.56 Å². The van der Waals surface area contributed by atoms with Gasteiger partial charge in [-0.25, -0.2) is 0 Å². The van der Waals surface area contributed by atoms with E-state index < -0.39 is 0 Å². The SMILES string of the molecule is COc1ccc(C2=C(Sc3ccc(Cl)cc3)C(=O)N(C)C2=O)cc1. The quantitative estimate of drug-likeness (QED) is 0.778. The van der Waals surface area contributed by atoms with E-state index in [2.05, 4.69) is 0 Å². The molecule has 0 spiro atoms. The van der Waals surface area contributed by atoms with Crippen molar-refractivity contribution in [1.29, 1.82) is 0 Å². The number of nitrogens with zero attached hydrogens (tertiary/aromatic N) is 1. The zero-order valence-electron chi connectivity index (χ0n) is 13.1. The summed E-state index contributed by atoms with van der Waals surface area (Å²) < 4.78 is 5.14. The Morgan fingerprint density at radius 2 is 1.58 bits per heavy atom. The van der Waals surface area contributed by atoms with E-state index in [1.165, 1.54) is 18.8 Å². The van der Waals surface area contributed by atoms with Gasteiger partial charge in [0, 0.05) is 17.0 Å². The van der Waals surface area contributed by atoms with E-state index >= 15 is 0 Å². The lowest BCUT2D eigenvalue weighted by Crippen LogP contribution is -2.26. The van der Waals surface area contributed by atoms with Crippen LogP contribution in [0.3, 0.4) is 0 Å². The molecule has 1 aliphatic rings. The summed E-state index contributed by atoms with van der Waals surface area (Å²) in [6.45, 7) is 0. The molecule has 0 aromatic heterocycles. The number of amides is 2. The molecule has 0 fully saturated rings. The second kappa shape index (κ2) is 6.71. The van der Waals surface area contributed by atoms with Gasteiger partial charge in [-0.2, -0.15) is 0 Å². The van der Waals surface area contributed by atoms with Crippen molar-refractivity contribution < 1.29 is 14.3 Å². The Hall–Kier alpha value is -2.24. The highest BCUT2D eigenvalue weighted by molar-refractivity contribution is 8.04. The number of thioether (sulfide) groups is 1. The minimum Gasteiger partial charge on any atom is -0.497 e. The maximum absolute atomic E-state index is 12.5. The third-order valence-corrected chi connectivity index (χ3v) is 5.00. The largest absolute Gasteiger partial charge is 0.497 e. The summed E-state index contributed by atoms with van der Waals surface area (Å²) in [5.74, 6) is 0.0868. The van der Waals surface area contributed by atoms with E-state index in [-0.39, 0.29) is 11.8 Å². The molecule has 2 amide bonds. The molecule has 2 aromatic rings. The van der Waals surface area contributed by atoms with Crippen molar-refractivity contribution >= 4 is 40.8 Å². The Labute approximate surface area is 149 Å². The van der Waals surface area contributed by atoms with E-state index in [0.29, 0.717) is 26.8 Å². The van der Waals surface area contributed by atoms with Gasteiger partial charge in [0.1, 0.15) is 5.75 Å². The lowest BCUT2D eigenvalue weighted by Gasteiger charge is -2.07. The number of hydrogen-bond donors (Lipinski definition) is 0. The summed E-state index contributed by atoms with van der Waals surface area (Å²) in [6.07, 6.45) is 0. The Morgan fingerprint density at radius 3 is 2.17 bits per heavy atom. The zero-order valence-corrected chi connectivity index (χ0v) is 14.6. The molecule has 3 rings (SSSR count).